The van der Waals surface area contributed by atoms with Crippen LogP contribution in [0.1, 0.15) is 99.6 Å². The first-order valence-corrected chi connectivity index (χ1v) is 24.9. The van der Waals surface area contributed by atoms with E-state index in [-0.39, 0.29) is 60.4 Å². The number of allylic oxidation sites excluding steroid dienone is 2. The maximum atomic E-state index is 13.9. The molecular formula is C51H66N14O9. The quantitative estimate of drug-likeness (QED) is 0.0474. The van der Waals surface area contributed by atoms with Gasteiger partial charge in [0.2, 0.25) is 35.4 Å². The Labute approximate surface area is 427 Å². The van der Waals surface area contributed by atoms with Crippen LogP contribution in [0.25, 0.3) is 22.1 Å². The van der Waals surface area contributed by atoms with E-state index in [1.165, 1.54) is 19.2 Å². The zero-order valence-corrected chi connectivity index (χ0v) is 43.2. The summed E-state index contributed by atoms with van der Waals surface area (Å²) in [6.07, 6.45) is 5.48. The van der Waals surface area contributed by atoms with E-state index < -0.39 is 29.2 Å². The molecule has 6 heterocycles. The summed E-state index contributed by atoms with van der Waals surface area (Å²) in [4.78, 5) is 84.3. The SMILES string of the molecule is CCc1nc(C)oc1C(=O)Nc1nc2cc(C(N)=O)cc(OCCCN3CC4(C3)CN(C(=O)C(CC(C)C)NC)CCO4)c2n1C/C=C/Cn1c(NC(=O)c2cc(C)nn2CC)nc2cc(C(N)=O)cc(OC)c21. The van der Waals surface area contributed by atoms with E-state index in [0.29, 0.717) is 121 Å². The van der Waals surface area contributed by atoms with E-state index in [1.54, 1.807) is 45.9 Å². The highest BCUT2D eigenvalue weighted by molar-refractivity contribution is 6.05. The summed E-state index contributed by atoms with van der Waals surface area (Å²) in [7, 11) is 3.29. The molecule has 23 nitrogen and oxygen atoms in total. The summed E-state index contributed by atoms with van der Waals surface area (Å²) in [6.45, 7) is 16.0. The number of carbonyl (C=O) groups excluding carboxylic acids is 5. The Balaban J connectivity index is 1.06. The van der Waals surface area contributed by atoms with Crippen LogP contribution in [0.3, 0.4) is 0 Å². The van der Waals surface area contributed by atoms with Gasteiger partial charge in [-0.3, -0.25) is 44.2 Å². The molecule has 2 saturated heterocycles. The molecule has 6 aromatic rings. The molecule has 2 aliphatic rings. The molecule has 0 saturated carbocycles. The van der Waals surface area contributed by atoms with Crippen molar-refractivity contribution in [2.75, 3.05) is 70.7 Å². The second kappa shape index (κ2) is 22.2. The maximum absolute atomic E-state index is 13.9. The molecule has 8 rings (SSSR count). The molecule has 0 radical (unpaired) electrons. The largest absolute Gasteiger partial charge is 0.494 e. The first-order chi connectivity index (χ1) is 35.4. The van der Waals surface area contributed by atoms with Gasteiger partial charge in [-0.2, -0.15) is 5.10 Å². The number of primary amides is 2. The standard InChI is InChI=1S/C51H66N14O9/c1-9-34-43(74-31(6)55-34)47(69)59-50-57-36-23-33(45(53)67)25-40(72-18-13-14-61-26-51(27-61)28-62(17-19-73-51)48(70)37(54-7)20-29(3)4)42(36)64(50)16-12-11-15-63-41-35(22-32(44(52)66)24-39(41)71-8)56-49(63)58-46(68)38-21-30(5)60-65(38)10-2/h11-12,21-25,29,37,54H,9-10,13-20,26-28H2,1-8H3,(H2,52,66)(H2,53,67)(H,56,58,68)(H,57,59,69)/b12-11+. The second-order valence-corrected chi connectivity index (χ2v) is 19.1. The Morgan fingerprint density at radius 2 is 1.47 bits per heavy atom. The average Bonchev–Trinajstić information content (AvgIpc) is 4.14. The first kappa shape index (κ1) is 52.7. The van der Waals surface area contributed by atoms with E-state index in [0.717, 1.165) is 6.42 Å². The number of amides is 5. The van der Waals surface area contributed by atoms with Crippen LogP contribution in [0.15, 0.2) is 46.9 Å². The molecule has 1 atom stereocenters. The van der Waals surface area contributed by atoms with Crippen molar-refractivity contribution in [3.63, 3.8) is 0 Å². The number of ether oxygens (including phenoxy) is 3. The van der Waals surface area contributed by atoms with Crippen molar-refractivity contribution in [3.8, 4) is 11.5 Å². The highest BCUT2D eigenvalue weighted by Gasteiger charge is 2.48. The zero-order chi connectivity index (χ0) is 53.0. The molecule has 0 aliphatic carbocycles. The van der Waals surface area contributed by atoms with Gasteiger partial charge in [-0.15, -0.1) is 0 Å². The van der Waals surface area contributed by atoms with Gasteiger partial charge in [-0.05, 0) is 76.4 Å². The van der Waals surface area contributed by atoms with Crippen LogP contribution in [0.2, 0.25) is 0 Å². The van der Waals surface area contributed by atoms with Crippen molar-refractivity contribution in [2.45, 2.75) is 92.1 Å². The lowest BCUT2D eigenvalue weighted by Gasteiger charge is -2.54. The van der Waals surface area contributed by atoms with Gasteiger partial charge in [0.1, 0.15) is 33.8 Å². The highest BCUT2D eigenvalue weighted by Crippen LogP contribution is 2.34. The summed E-state index contributed by atoms with van der Waals surface area (Å²) < 4.78 is 29.3. The fourth-order valence-electron chi connectivity index (χ4n) is 9.75. The third-order valence-corrected chi connectivity index (χ3v) is 13.2. The van der Waals surface area contributed by atoms with E-state index >= 15 is 0 Å². The zero-order valence-electron chi connectivity index (χ0n) is 43.2. The molecule has 2 aromatic carbocycles. The van der Waals surface area contributed by atoms with Gasteiger partial charge >= 0.3 is 0 Å². The molecule has 1 spiro atoms. The highest BCUT2D eigenvalue weighted by atomic mass is 16.5. The van der Waals surface area contributed by atoms with Gasteiger partial charge in [0, 0.05) is 63.9 Å². The third-order valence-electron chi connectivity index (χ3n) is 13.2. The minimum atomic E-state index is -0.694. The van der Waals surface area contributed by atoms with Crippen molar-refractivity contribution in [3.05, 3.63) is 82.3 Å². The fraction of sp³-hybridized carbons (Fsp3) is 0.471. The monoisotopic (exact) mass is 1020 g/mol. The lowest BCUT2D eigenvalue weighted by atomic mass is 9.91. The molecule has 0 bridgehead atoms. The number of carbonyl (C=O) groups is 5. The van der Waals surface area contributed by atoms with Crippen LogP contribution in [-0.4, -0.2) is 145 Å². The average molecular weight is 1020 g/mol. The van der Waals surface area contributed by atoms with Gasteiger partial charge in [0.25, 0.3) is 11.8 Å². The molecular weight excluding hydrogens is 953 g/mol. The number of imidazole rings is 2. The first-order valence-electron chi connectivity index (χ1n) is 24.9. The number of likely N-dealkylation sites (N-methyl/N-ethyl adjacent to an activating group) is 1. The van der Waals surface area contributed by atoms with Gasteiger partial charge in [0.05, 0.1) is 55.3 Å². The Kier molecular flexibility index (Phi) is 15.8. The van der Waals surface area contributed by atoms with E-state index in [9.17, 15) is 24.0 Å². The molecule has 5 amide bonds. The van der Waals surface area contributed by atoms with Crippen molar-refractivity contribution >= 4 is 63.5 Å². The number of nitrogens with one attached hydrogen (secondary N) is 3. The number of hydrogen-bond donors (Lipinski definition) is 5. The van der Waals surface area contributed by atoms with Gasteiger partial charge in [0.15, 0.2) is 5.89 Å². The predicted molar refractivity (Wildman–Crippen MR) is 275 cm³/mol. The summed E-state index contributed by atoms with van der Waals surface area (Å²) in [6, 6.07) is 7.60. The molecule has 7 N–H and O–H groups in total. The van der Waals surface area contributed by atoms with E-state index in [2.05, 4.69) is 44.8 Å². The number of benzene rings is 2. The third kappa shape index (κ3) is 11.1. The molecule has 394 valence electrons. The van der Waals surface area contributed by atoms with Crippen LogP contribution in [-0.2, 0) is 35.6 Å². The van der Waals surface area contributed by atoms with E-state index in [1.807, 2.05) is 37.9 Å². The van der Waals surface area contributed by atoms with Crippen molar-refractivity contribution < 1.29 is 42.6 Å². The molecule has 2 aliphatic heterocycles. The summed E-state index contributed by atoms with van der Waals surface area (Å²) >= 11 is 0. The number of fused-ring (bicyclic) bond motifs is 2. The topological polar surface area (TPSA) is 287 Å². The summed E-state index contributed by atoms with van der Waals surface area (Å²) in [5.74, 6) is -0.643. The molecule has 4 aromatic heterocycles. The number of hydrogen-bond acceptors (Lipinski definition) is 15. The Bertz CT molecular complexity index is 3120. The smallest absolute Gasteiger partial charge is 0.295 e. The number of methoxy groups -OCH3 is 1. The molecule has 23 heteroatoms. The fourth-order valence-corrected chi connectivity index (χ4v) is 9.75. The number of nitrogens with two attached hydrogens (primary N) is 2. The van der Waals surface area contributed by atoms with Crippen molar-refractivity contribution in [1.82, 2.24) is 49.0 Å². The van der Waals surface area contributed by atoms with Crippen molar-refractivity contribution in [2.24, 2.45) is 17.4 Å². The molecule has 2 fully saturated rings. The number of likely N-dealkylation sites (tertiary alicyclic amines) is 1. The minimum Gasteiger partial charge on any atom is -0.494 e. The second-order valence-electron chi connectivity index (χ2n) is 19.1. The van der Waals surface area contributed by atoms with Crippen LogP contribution >= 0.6 is 0 Å². The number of oxazole rings is 1. The van der Waals surface area contributed by atoms with Crippen molar-refractivity contribution in [1.29, 1.82) is 0 Å². The Hall–Kier alpha value is -7.63. The number of rotatable bonds is 22. The lowest BCUT2D eigenvalue weighted by Crippen LogP contribution is -2.71. The van der Waals surface area contributed by atoms with Crippen LogP contribution in [0.5, 0.6) is 11.5 Å². The number of anilines is 2. The number of aromatic nitrogens is 7. The summed E-state index contributed by atoms with van der Waals surface area (Å²) in [5.41, 5.74) is 14.5. The number of aryl methyl sites for hydroxylation is 4. The van der Waals surface area contributed by atoms with Gasteiger partial charge < -0.3 is 49.4 Å². The van der Waals surface area contributed by atoms with Crippen LogP contribution < -0.4 is 36.9 Å². The Morgan fingerprint density at radius 3 is 2.05 bits per heavy atom. The normalized spacial score (nSPS) is 15.1. The Morgan fingerprint density at radius 1 is 0.851 bits per heavy atom. The predicted octanol–water partition coefficient (Wildman–Crippen LogP) is 4.05. The maximum Gasteiger partial charge on any atom is 0.295 e. The van der Waals surface area contributed by atoms with Crippen LogP contribution in [0.4, 0.5) is 11.9 Å². The van der Waals surface area contributed by atoms with Gasteiger partial charge in [-0.25, -0.2) is 15.0 Å². The molecule has 1 unspecified atom stereocenters. The van der Waals surface area contributed by atoms with E-state index in [4.69, 9.17) is 40.1 Å². The minimum absolute atomic E-state index is 0.0413. The summed E-state index contributed by atoms with van der Waals surface area (Å²) in [5, 5.41) is 13.4. The number of morpholine rings is 1. The molecule has 74 heavy (non-hydrogen) atoms. The number of nitrogens with zero attached hydrogens (tertiary/aromatic N) is 9. The van der Waals surface area contributed by atoms with Crippen LogP contribution in [0, 0.1) is 19.8 Å². The van der Waals surface area contributed by atoms with Gasteiger partial charge in [-0.1, -0.05) is 32.9 Å². The lowest BCUT2D eigenvalue weighted by molar-refractivity contribution is -0.190.